The lowest BCUT2D eigenvalue weighted by atomic mass is 9.97. The summed E-state index contributed by atoms with van der Waals surface area (Å²) >= 11 is 6.29. The zero-order valence-electron chi connectivity index (χ0n) is 12.1. The van der Waals surface area contributed by atoms with Crippen molar-refractivity contribution in [2.24, 2.45) is 0 Å². The monoisotopic (exact) mass is 292 g/mol. The van der Waals surface area contributed by atoms with E-state index in [2.05, 4.69) is 28.9 Å². The van der Waals surface area contributed by atoms with E-state index in [0.717, 1.165) is 17.9 Å². The molecule has 2 aromatic heterocycles. The van der Waals surface area contributed by atoms with E-state index in [1.807, 2.05) is 22.6 Å². The van der Waals surface area contributed by atoms with Crippen molar-refractivity contribution in [1.29, 1.82) is 0 Å². The van der Waals surface area contributed by atoms with Crippen LogP contribution >= 0.6 is 11.6 Å². The minimum atomic E-state index is 0.549. The molecule has 1 aliphatic heterocycles. The number of hydrogen-bond donors (Lipinski definition) is 0. The fraction of sp³-hybridized carbons (Fsp3) is 0.600. The van der Waals surface area contributed by atoms with Crippen molar-refractivity contribution in [3.8, 4) is 0 Å². The molecule has 0 amide bonds. The Labute approximate surface area is 124 Å². The highest BCUT2D eigenvalue weighted by Crippen LogP contribution is 2.23. The molecule has 0 aromatic carbocycles. The highest BCUT2D eigenvalue weighted by molar-refractivity contribution is 6.29. The second kappa shape index (κ2) is 5.70. The Hall–Kier alpha value is -1.13. The number of aromatic nitrogens is 3. The Morgan fingerprint density at radius 2 is 2.15 bits per heavy atom. The van der Waals surface area contributed by atoms with Gasteiger partial charge in [0.2, 0.25) is 0 Å². The quantitative estimate of drug-likeness (QED) is 0.815. The van der Waals surface area contributed by atoms with Crippen LogP contribution in [-0.2, 0) is 6.42 Å². The van der Waals surface area contributed by atoms with E-state index in [9.17, 15) is 0 Å². The van der Waals surface area contributed by atoms with Crippen LogP contribution in [0.2, 0.25) is 5.15 Å². The lowest BCUT2D eigenvalue weighted by Crippen LogP contribution is -2.45. The van der Waals surface area contributed by atoms with Crippen LogP contribution in [0.15, 0.2) is 18.2 Å². The van der Waals surface area contributed by atoms with Crippen molar-refractivity contribution in [3.05, 3.63) is 29.2 Å². The van der Waals surface area contributed by atoms with Gasteiger partial charge in [-0.3, -0.25) is 9.30 Å². The predicted molar refractivity (Wildman–Crippen MR) is 81.2 cm³/mol. The van der Waals surface area contributed by atoms with Crippen molar-refractivity contribution < 1.29 is 0 Å². The van der Waals surface area contributed by atoms with Gasteiger partial charge in [-0.05, 0) is 45.4 Å². The third-order valence-electron chi connectivity index (χ3n) is 4.20. The van der Waals surface area contributed by atoms with Gasteiger partial charge in [0.25, 0.3) is 0 Å². The van der Waals surface area contributed by atoms with Gasteiger partial charge in [0.15, 0.2) is 5.65 Å². The summed E-state index contributed by atoms with van der Waals surface area (Å²) in [6, 6.07) is 6.88. The molecular weight excluding hydrogens is 272 g/mol. The lowest BCUT2D eigenvalue weighted by Gasteiger charge is -2.38. The largest absolute Gasteiger partial charge is 0.298 e. The van der Waals surface area contributed by atoms with Crippen molar-refractivity contribution in [2.45, 2.75) is 51.6 Å². The van der Waals surface area contributed by atoms with E-state index in [4.69, 9.17) is 11.6 Å². The maximum atomic E-state index is 6.29. The zero-order valence-corrected chi connectivity index (χ0v) is 12.8. The van der Waals surface area contributed by atoms with Gasteiger partial charge in [0.05, 0.1) is 0 Å². The third kappa shape index (κ3) is 2.54. The number of pyridine rings is 1. The lowest BCUT2D eigenvalue weighted by molar-refractivity contribution is 0.110. The summed E-state index contributed by atoms with van der Waals surface area (Å²) in [5.41, 5.74) is 0.833. The number of fused-ring (bicyclic) bond motifs is 1. The number of piperidine rings is 1. The standard InChI is InChI=1S/C15H21ClN4/c1-11(2)19-9-4-3-6-12(19)10-15-18-17-14-8-5-7-13(16)20(14)15/h5,7-8,11-12H,3-4,6,9-10H2,1-2H3. The number of likely N-dealkylation sites (tertiary alicyclic amines) is 1. The Balaban J connectivity index is 1.88. The van der Waals surface area contributed by atoms with Gasteiger partial charge in [-0.1, -0.05) is 24.1 Å². The van der Waals surface area contributed by atoms with Crippen LogP contribution in [-0.4, -0.2) is 38.1 Å². The number of nitrogens with zero attached hydrogens (tertiary/aromatic N) is 4. The number of rotatable bonds is 3. The predicted octanol–water partition coefficient (Wildman–Crippen LogP) is 3.19. The average molecular weight is 293 g/mol. The van der Waals surface area contributed by atoms with Gasteiger partial charge in [-0.25, -0.2) is 0 Å². The zero-order chi connectivity index (χ0) is 14.1. The summed E-state index contributed by atoms with van der Waals surface area (Å²) in [4.78, 5) is 2.58. The molecule has 2 aromatic rings. The molecule has 5 heteroatoms. The number of halogens is 1. The highest BCUT2D eigenvalue weighted by atomic mass is 35.5. The molecule has 1 aliphatic rings. The van der Waals surface area contributed by atoms with Crippen LogP contribution in [0.1, 0.15) is 38.9 Å². The van der Waals surface area contributed by atoms with Crippen LogP contribution in [0.3, 0.4) is 0 Å². The molecule has 0 bridgehead atoms. The van der Waals surface area contributed by atoms with Gasteiger partial charge >= 0.3 is 0 Å². The second-order valence-corrected chi connectivity index (χ2v) is 6.23. The van der Waals surface area contributed by atoms with Crippen LogP contribution in [0.4, 0.5) is 0 Å². The number of hydrogen-bond acceptors (Lipinski definition) is 3. The molecule has 3 rings (SSSR count). The minimum Gasteiger partial charge on any atom is -0.298 e. The van der Waals surface area contributed by atoms with E-state index in [-0.39, 0.29) is 0 Å². The molecule has 0 saturated carbocycles. The van der Waals surface area contributed by atoms with Gasteiger partial charge < -0.3 is 0 Å². The molecule has 20 heavy (non-hydrogen) atoms. The molecule has 108 valence electrons. The van der Waals surface area contributed by atoms with E-state index in [1.165, 1.54) is 25.8 Å². The summed E-state index contributed by atoms with van der Waals surface area (Å²) in [5, 5.41) is 9.26. The third-order valence-corrected chi connectivity index (χ3v) is 4.50. The minimum absolute atomic E-state index is 0.549. The molecular formula is C15H21ClN4. The van der Waals surface area contributed by atoms with Crippen LogP contribution in [0, 0.1) is 0 Å². The Kier molecular flexibility index (Phi) is 3.94. The average Bonchev–Trinajstić information content (AvgIpc) is 2.84. The maximum Gasteiger partial charge on any atom is 0.161 e. The normalized spacial score (nSPS) is 20.9. The summed E-state index contributed by atoms with van der Waals surface area (Å²) in [6.07, 6.45) is 4.76. The molecule has 0 radical (unpaired) electrons. The Morgan fingerprint density at radius 1 is 1.30 bits per heavy atom. The summed E-state index contributed by atoms with van der Waals surface area (Å²) in [6.45, 7) is 5.73. The van der Waals surface area contributed by atoms with E-state index in [0.29, 0.717) is 17.2 Å². The molecule has 1 atom stereocenters. The van der Waals surface area contributed by atoms with Crippen molar-refractivity contribution in [2.75, 3.05) is 6.54 Å². The van der Waals surface area contributed by atoms with Gasteiger partial charge in [-0.2, -0.15) is 0 Å². The first kappa shape index (κ1) is 13.8. The first-order valence-electron chi connectivity index (χ1n) is 7.41. The molecule has 0 N–H and O–H groups in total. The SMILES string of the molecule is CC(C)N1CCCCC1Cc1nnc2cccc(Cl)n12. The van der Waals surface area contributed by atoms with Gasteiger partial charge in [0, 0.05) is 18.5 Å². The fourth-order valence-corrected chi connectivity index (χ4v) is 3.48. The van der Waals surface area contributed by atoms with E-state index in [1.54, 1.807) is 0 Å². The molecule has 1 fully saturated rings. The highest BCUT2D eigenvalue weighted by Gasteiger charge is 2.26. The summed E-state index contributed by atoms with van der Waals surface area (Å²) in [5.74, 6) is 0.975. The smallest absolute Gasteiger partial charge is 0.161 e. The molecule has 0 aliphatic carbocycles. The Bertz CT molecular complexity index is 593. The van der Waals surface area contributed by atoms with Crippen molar-refractivity contribution >= 4 is 17.2 Å². The van der Waals surface area contributed by atoms with Crippen LogP contribution in [0.25, 0.3) is 5.65 Å². The molecule has 4 nitrogen and oxygen atoms in total. The van der Waals surface area contributed by atoms with Gasteiger partial charge in [-0.15, -0.1) is 10.2 Å². The van der Waals surface area contributed by atoms with Crippen molar-refractivity contribution in [1.82, 2.24) is 19.5 Å². The van der Waals surface area contributed by atoms with Crippen molar-refractivity contribution in [3.63, 3.8) is 0 Å². The molecule has 0 spiro atoms. The first-order chi connectivity index (χ1) is 9.66. The summed E-state index contributed by atoms with van der Waals surface area (Å²) < 4.78 is 1.97. The second-order valence-electron chi connectivity index (χ2n) is 5.84. The molecule has 3 heterocycles. The summed E-state index contributed by atoms with van der Waals surface area (Å²) in [7, 11) is 0. The van der Waals surface area contributed by atoms with Crippen LogP contribution in [0.5, 0.6) is 0 Å². The Morgan fingerprint density at radius 3 is 2.95 bits per heavy atom. The maximum absolute atomic E-state index is 6.29. The molecule has 1 unspecified atom stereocenters. The molecule has 1 saturated heterocycles. The van der Waals surface area contributed by atoms with Gasteiger partial charge in [0.1, 0.15) is 11.0 Å². The first-order valence-corrected chi connectivity index (χ1v) is 7.79. The fourth-order valence-electron chi connectivity index (χ4n) is 3.22. The van der Waals surface area contributed by atoms with E-state index < -0.39 is 0 Å². The van der Waals surface area contributed by atoms with E-state index >= 15 is 0 Å². The van der Waals surface area contributed by atoms with Crippen LogP contribution < -0.4 is 0 Å². The topological polar surface area (TPSA) is 33.4 Å².